The minimum absolute atomic E-state index is 0.0742. The third kappa shape index (κ3) is 3.32. The van der Waals surface area contributed by atoms with Crippen LogP contribution in [-0.2, 0) is 9.53 Å². The molecule has 0 N–H and O–H groups in total. The molecule has 0 radical (unpaired) electrons. The minimum Gasteiger partial charge on any atom is -0.364 e. The predicted molar refractivity (Wildman–Crippen MR) is 75.5 cm³/mol. The number of hydrogen-bond donors (Lipinski definition) is 0. The van der Waals surface area contributed by atoms with Crippen molar-refractivity contribution in [1.29, 1.82) is 0 Å². The molecule has 1 fully saturated rings. The van der Waals surface area contributed by atoms with Crippen molar-refractivity contribution in [2.75, 3.05) is 0 Å². The summed E-state index contributed by atoms with van der Waals surface area (Å²) in [4.78, 5) is 12.2. The van der Waals surface area contributed by atoms with Crippen molar-refractivity contribution in [3.05, 3.63) is 24.3 Å². The number of carbonyl (C=O) groups excluding carboxylic acids is 1. The molecule has 3 atom stereocenters. The molecule has 1 heterocycles. The Kier molecular flexibility index (Phi) is 4.55. The fraction of sp³-hybridized carbons (Fsp3) is 0.688. The second kappa shape index (κ2) is 5.40. The van der Waals surface area contributed by atoms with Gasteiger partial charge in [0.1, 0.15) is 5.78 Å². The first-order valence-corrected chi connectivity index (χ1v) is 6.72. The van der Waals surface area contributed by atoms with Crippen LogP contribution in [0.25, 0.3) is 0 Å². The Bertz CT molecular complexity index is 365. The van der Waals surface area contributed by atoms with Crippen molar-refractivity contribution in [2.45, 2.75) is 65.1 Å². The number of ketones is 1. The molecule has 0 aromatic rings. The van der Waals surface area contributed by atoms with E-state index in [-0.39, 0.29) is 22.9 Å². The monoisotopic (exact) mass is 250 g/mol. The summed E-state index contributed by atoms with van der Waals surface area (Å²) < 4.78 is 6.12. The second-order valence-electron chi connectivity index (χ2n) is 6.11. The van der Waals surface area contributed by atoms with Crippen molar-refractivity contribution < 1.29 is 9.53 Å². The van der Waals surface area contributed by atoms with Gasteiger partial charge in [-0.2, -0.15) is 0 Å². The van der Waals surface area contributed by atoms with E-state index < -0.39 is 0 Å². The van der Waals surface area contributed by atoms with E-state index in [9.17, 15) is 4.79 Å². The normalized spacial score (nSPS) is 32.9. The molecule has 1 rings (SSSR count). The van der Waals surface area contributed by atoms with Gasteiger partial charge in [-0.15, -0.1) is 6.58 Å². The molecule has 2 heteroatoms. The maximum atomic E-state index is 12.2. The van der Waals surface area contributed by atoms with Gasteiger partial charge in [-0.25, -0.2) is 0 Å². The quantitative estimate of drug-likeness (QED) is 0.688. The molecule has 0 amide bonds. The molecule has 1 aliphatic heterocycles. The van der Waals surface area contributed by atoms with Gasteiger partial charge < -0.3 is 4.74 Å². The summed E-state index contributed by atoms with van der Waals surface area (Å²) in [6.07, 6.45) is 6.20. The Balaban J connectivity index is 2.72. The zero-order valence-electron chi connectivity index (χ0n) is 12.4. The van der Waals surface area contributed by atoms with E-state index in [2.05, 4.69) is 6.58 Å². The van der Waals surface area contributed by atoms with E-state index in [0.29, 0.717) is 6.42 Å². The standard InChI is InChI=1S/C16H26O2/c1-7-15(5)10-11-16(6,18-15)13(4)14(17)9-8-12(2)3/h7-8,13H,1,9-11H2,2-6H3/t13?,15-,16-/m0/s1. The molecule has 102 valence electrons. The molecule has 0 bridgehead atoms. The van der Waals surface area contributed by atoms with Crippen LogP contribution in [0, 0.1) is 5.92 Å². The summed E-state index contributed by atoms with van der Waals surface area (Å²) >= 11 is 0. The molecule has 0 aromatic heterocycles. The van der Waals surface area contributed by atoms with Gasteiger partial charge in [0.2, 0.25) is 0 Å². The Labute approximate surface area is 111 Å². The molecule has 18 heavy (non-hydrogen) atoms. The van der Waals surface area contributed by atoms with E-state index in [1.807, 2.05) is 46.8 Å². The molecule has 1 saturated heterocycles. The third-order valence-corrected chi connectivity index (χ3v) is 4.13. The topological polar surface area (TPSA) is 26.3 Å². The second-order valence-corrected chi connectivity index (χ2v) is 6.11. The molecule has 1 aliphatic rings. The van der Waals surface area contributed by atoms with Crippen LogP contribution in [0.1, 0.15) is 53.9 Å². The molecule has 0 aromatic carbocycles. The molecule has 0 aliphatic carbocycles. The lowest BCUT2D eigenvalue weighted by Crippen LogP contribution is -2.39. The summed E-state index contributed by atoms with van der Waals surface area (Å²) in [5.74, 6) is 0.182. The zero-order chi connectivity index (χ0) is 14.0. The van der Waals surface area contributed by atoms with Crippen LogP contribution in [0.4, 0.5) is 0 Å². The Hall–Kier alpha value is -0.890. The van der Waals surface area contributed by atoms with Crippen molar-refractivity contribution in [3.63, 3.8) is 0 Å². The molecular weight excluding hydrogens is 224 g/mol. The first kappa shape index (κ1) is 15.2. The van der Waals surface area contributed by atoms with Crippen molar-refractivity contribution >= 4 is 5.78 Å². The van der Waals surface area contributed by atoms with Gasteiger partial charge in [0.15, 0.2) is 0 Å². The molecule has 0 saturated carbocycles. The highest BCUT2D eigenvalue weighted by molar-refractivity contribution is 5.83. The van der Waals surface area contributed by atoms with Crippen LogP contribution in [0.15, 0.2) is 24.3 Å². The number of hydrogen-bond acceptors (Lipinski definition) is 2. The Morgan fingerprint density at radius 2 is 2.00 bits per heavy atom. The Morgan fingerprint density at radius 3 is 2.44 bits per heavy atom. The lowest BCUT2D eigenvalue weighted by atomic mass is 9.83. The average Bonchev–Trinajstić information content (AvgIpc) is 2.63. The SMILES string of the molecule is C=C[C@@]1(C)CC[C@@](C)(C(C)C(=O)CC=C(C)C)O1. The van der Waals surface area contributed by atoms with Crippen LogP contribution in [-0.4, -0.2) is 17.0 Å². The fourth-order valence-electron chi connectivity index (χ4n) is 2.40. The first-order valence-electron chi connectivity index (χ1n) is 6.72. The van der Waals surface area contributed by atoms with E-state index in [1.54, 1.807) is 0 Å². The van der Waals surface area contributed by atoms with Gasteiger partial charge in [0.05, 0.1) is 11.2 Å². The predicted octanol–water partition coefficient (Wildman–Crippen LogP) is 4.06. The molecular formula is C16H26O2. The number of ether oxygens (including phenoxy) is 1. The van der Waals surface area contributed by atoms with Crippen LogP contribution >= 0.6 is 0 Å². The average molecular weight is 250 g/mol. The first-order chi connectivity index (χ1) is 8.22. The van der Waals surface area contributed by atoms with Gasteiger partial charge >= 0.3 is 0 Å². The van der Waals surface area contributed by atoms with Crippen molar-refractivity contribution in [3.8, 4) is 0 Å². The maximum Gasteiger partial charge on any atom is 0.142 e. The smallest absolute Gasteiger partial charge is 0.142 e. The van der Waals surface area contributed by atoms with Gasteiger partial charge in [-0.1, -0.05) is 24.6 Å². The Morgan fingerprint density at radius 1 is 1.39 bits per heavy atom. The summed E-state index contributed by atoms with van der Waals surface area (Å²) in [7, 11) is 0. The van der Waals surface area contributed by atoms with Gasteiger partial charge in [0.25, 0.3) is 0 Å². The highest BCUT2D eigenvalue weighted by atomic mass is 16.5. The number of allylic oxidation sites excluding steroid dienone is 2. The summed E-state index contributed by atoms with van der Waals surface area (Å²) in [6.45, 7) is 13.9. The lowest BCUT2D eigenvalue weighted by Gasteiger charge is -2.33. The van der Waals surface area contributed by atoms with E-state index in [1.165, 1.54) is 5.57 Å². The largest absolute Gasteiger partial charge is 0.364 e. The number of Topliss-reactive ketones (excluding diaryl/α,β-unsaturated/α-hetero) is 1. The number of rotatable bonds is 5. The van der Waals surface area contributed by atoms with E-state index in [0.717, 1.165) is 12.8 Å². The summed E-state index contributed by atoms with van der Waals surface area (Å²) in [6, 6.07) is 0. The highest BCUT2D eigenvalue weighted by Gasteiger charge is 2.46. The molecule has 1 unspecified atom stereocenters. The van der Waals surface area contributed by atoms with E-state index in [4.69, 9.17) is 4.74 Å². The zero-order valence-corrected chi connectivity index (χ0v) is 12.4. The lowest BCUT2D eigenvalue weighted by molar-refractivity contribution is -0.137. The van der Waals surface area contributed by atoms with Crippen LogP contribution in [0.2, 0.25) is 0 Å². The minimum atomic E-state index is -0.352. The summed E-state index contributed by atoms with van der Waals surface area (Å²) in [5, 5.41) is 0. The third-order valence-electron chi connectivity index (χ3n) is 4.13. The van der Waals surface area contributed by atoms with Crippen molar-refractivity contribution in [1.82, 2.24) is 0 Å². The van der Waals surface area contributed by atoms with Gasteiger partial charge in [0, 0.05) is 12.3 Å². The van der Waals surface area contributed by atoms with Crippen molar-refractivity contribution in [2.24, 2.45) is 5.92 Å². The molecule has 2 nitrogen and oxygen atoms in total. The van der Waals surface area contributed by atoms with Crippen LogP contribution in [0.3, 0.4) is 0 Å². The molecule has 0 spiro atoms. The van der Waals surface area contributed by atoms with Crippen LogP contribution < -0.4 is 0 Å². The van der Waals surface area contributed by atoms with Crippen LogP contribution in [0.5, 0.6) is 0 Å². The fourth-order valence-corrected chi connectivity index (χ4v) is 2.40. The highest BCUT2D eigenvalue weighted by Crippen LogP contribution is 2.43. The number of carbonyl (C=O) groups is 1. The van der Waals surface area contributed by atoms with Gasteiger partial charge in [-0.05, 0) is 40.5 Å². The maximum absolute atomic E-state index is 12.2. The van der Waals surface area contributed by atoms with E-state index >= 15 is 0 Å². The van der Waals surface area contributed by atoms with Gasteiger partial charge in [-0.3, -0.25) is 4.79 Å². The summed E-state index contributed by atoms with van der Waals surface area (Å²) in [5.41, 5.74) is 0.555.